The zero-order chi connectivity index (χ0) is 21.6. The summed E-state index contributed by atoms with van der Waals surface area (Å²) in [6.07, 6.45) is 5.47. The number of hydrogen-bond donors (Lipinski definition) is 1. The van der Waals surface area contributed by atoms with Gasteiger partial charge in [-0.1, -0.05) is 24.3 Å². The number of halogens is 2. The molecule has 2 aromatic carbocycles. The second-order valence-corrected chi connectivity index (χ2v) is 7.04. The summed E-state index contributed by atoms with van der Waals surface area (Å²) in [5, 5.41) is 7.04. The Balaban J connectivity index is 1.25. The first kappa shape index (κ1) is 20.5. The molecule has 158 valence electrons. The summed E-state index contributed by atoms with van der Waals surface area (Å²) in [6, 6.07) is 13.1. The van der Waals surface area contributed by atoms with Crippen LogP contribution in [0, 0.1) is 11.6 Å². The van der Waals surface area contributed by atoms with E-state index in [0.29, 0.717) is 19.0 Å². The standard InChI is InChI=1S/C23H20F2N4O2/c24-18-6-7-19(20(25)12-18)21-14-27-23(31-21)9-8-22(30)26-13-16-2-4-17(5-3-16)15-29-11-1-10-28-29/h1-7,10-12,14H,8-9,13,15H2,(H,26,30). The molecule has 0 aliphatic heterocycles. The van der Waals surface area contributed by atoms with Crippen molar-refractivity contribution in [3.63, 3.8) is 0 Å². The molecule has 0 aliphatic carbocycles. The first-order valence-corrected chi connectivity index (χ1v) is 9.79. The molecule has 0 fully saturated rings. The molecule has 0 bridgehead atoms. The van der Waals surface area contributed by atoms with Crippen molar-refractivity contribution in [2.45, 2.75) is 25.9 Å². The van der Waals surface area contributed by atoms with Crippen molar-refractivity contribution in [3.8, 4) is 11.3 Å². The molecule has 2 aromatic heterocycles. The van der Waals surface area contributed by atoms with Gasteiger partial charge in [0.1, 0.15) is 11.6 Å². The van der Waals surface area contributed by atoms with Crippen molar-refractivity contribution >= 4 is 5.91 Å². The number of nitrogens with one attached hydrogen (secondary N) is 1. The van der Waals surface area contributed by atoms with Crippen LogP contribution in [0.25, 0.3) is 11.3 Å². The molecule has 0 radical (unpaired) electrons. The summed E-state index contributed by atoms with van der Waals surface area (Å²) in [4.78, 5) is 16.2. The topological polar surface area (TPSA) is 73.0 Å². The first-order valence-electron chi connectivity index (χ1n) is 9.79. The third-order valence-electron chi connectivity index (χ3n) is 4.73. The fourth-order valence-electron chi connectivity index (χ4n) is 3.09. The third-order valence-corrected chi connectivity index (χ3v) is 4.73. The number of nitrogens with zero attached hydrogens (tertiary/aromatic N) is 3. The number of benzene rings is 2. The molecule has 1 amide bonds. The van der Waals surface area contributed by atoms with Gasteiger partial charge in [-0.25, -0.2) is 13.8 Å². The van der Waals surface area contributed by atoms with Crippen LogP contribution >= 0.6 is 0 Å². The smallest absolute Gasteiger partial charge is 0.220 e. The van der Waals surface area contributed by atoms with E-state index in [0.717, 1.165) is 23.3 Å². The normalized spacial score (nSPS) is 10.9. The van der Waals surface area contributed by atoms with Gasteiger partial charge in [-0.15, -0.1) is 0 Å². The average molecular weight is 422 g/mol. The highest BCUT2D eigenvalue weighted by Crippen LogP contribution is 2.24. The van der Waals surface area contributed by atoms with E-state index in [1.54, 1.807) is 6.20 Å². The highest BCUT2D eigenvalue weighted by molar-refractivity contribution is 5.76. The molecule has 1 N–H and O–H groups in total. The fourth-order valence-corrected chi connectivity index (χ4v) is 3.09. The highest BCUT2D eigenvalue weighted by atomic mass is 19.1. The summed E-state index contributed by atoms with van der Waals surface area (Å²) in [5.74, 6) is -1.02. The van der Waals surface area contributed by atoms with Crippen LogP contribution in [0.5, 0.6) is 0 Å². The number of rotatable bonds is 8. The van der Waals surface area contributed by atoms with Crippen LogP contribution < -0.4 is 5.32 Å². The van der Waals surface area contributed by atoms with Crippen LogP contribution in [0.15, 0.2) is 71.5 Å². The van der Waals surface area contributed by atoms with Gasteiger partial charge in [0.05, 0.1) is 18.3 Å². The quantitative estimate of drug-likeness (QED) is 0.464. The molecule has 0 spiro atoms. The first-order chi connectivity index (χ1) is 15.1. The Kier molecular flexibility index (Phi) is 6.16. The number of aryl methyl sites for hydroxylation is 1. The molecule has 0 atom stereocenters. The molecule has 0 unspecified atom stereocenters. The molecule has 0 saturated heterocycles. The van der Waals surface area contributed by atoms with E-state index in [1.165, 1.54) is 12.3 Å². The second kappa shape index (κ2) is 9.34. The Morgan fingerprint density at radius 2 is 1.90 bits per heavy atom. The zero-order valence-corrected chi connectivity index (χ0v) is 16.6. The van der Waals surface area contributed by atoms with Crippen molar-refractivity contribution in [1.29, 1.82) is 0 Å². The van der Waals surface area contributed by atoms with Crippen LogP contribution in [0.1, 0.15) is 23.4 Å². The number of aromatic nitrogens is 3. The molecular formula is C23H20F2N4O2. The molecule has 8 heteroatoms. The van der Waals surface area contributed by atoms with Gasteiger partial charge in [-0.2, -0.15) is 5.10 Å². The molecule has 6 nitrogen and oxygen atoms in total. The van der Waals surface area contributed by atoms with E-state index in [-0.39, 0.29) is 30.1 Å². The third kappa shape index (κ3) is 5.42. The Bertz CT molecular complexity index is 1150. The van der Waals surface area contributed by atoms with Crippen molar-refractivity contribution in [1.82, 2.24) is 20.1 Å². The maximum atomic E-state index is 13.8. The molecule has 2 heterocycles. The van der Waals surface area contributed by atoms with Crippen molar-refractivity contribution in [2.75, 3.05) is 0 Å². The molecule has 31 heavy (non-hydrogen) atoms. The Hall–Kier alpha value is -3.81. The lowest BCUT2D eigenvalue weighted by Gasteiger charge is -2.06. The monoisotopic (exact) mass is 422 g/mol. The van der Waals surface area contributed by atoms with E-state index in [9.17, 15) is 13.6 Å². The van der Waals surface area contributed by atoms with Gasteiger partial charge in [0, 0.05) is 37.8 Å². The predicted molar refractivity (Wildman–Crippen MR) is 110 cm³/mol. The molecular weight excluding hydrogens is 402 g/mol. The van der Waals surface area contributed by atoms with Gasteiger partial charge in [0.2, 0.25) is 5.91 Å². The van der Waals surface area contributed by atoms with Crippen molar-refractivity contribution < 1.29 is 18.0 Å². The molecule has 0 saturated carbocycles. The lowest BCUT2D eigenvalue weighted by atomic mass is 10.1. The minimum Gasteiger partial charge on any atom is -0.441 e. The van der Waals surface area contributed by atoms with E-state index < -0.39 is 11.6 Å². The van der Waals surface area contributed by atoms with E-state index in [1.807, 2.05) is 41.2 Å². The number of hydrogen-bond acceptors (Lipinski definition) is 4. The number of carbonyl (C=O) groups is 1. The van der Waals surface area contributed by atoms with Gasteiger partial charge < -0.3 is 9.73 Å². The maximum absolute atomic E-state index is 13.8. The SMILES string of the molecule is O=C(CCc1ncc(-c2ccc(F)cc2F)o1)NCc1ccc(Cn2cccn2)cc1. The number of amides is 1. The van der Waals surface area contributed by atoms with E-state index in [4.69, 9.17) is 4.42 Å². The Morgan fingerprint density at radius 3 is 2.65 bits per heavy atom. The van der Waals surface area contributed by atoms with Crippen LogP contribution in [0.2, 0.25) is 0 Å². The molecule has 4 aromatic rings. The summed E-state index contributed by atoms with van der Waals surface area (Å²) in [5.41, 5.74) is 2.24. The summed E-state index contributed by atoms with van der Waals surface area (Å²) in [6.45, 7) is 1.11. The van der Waals surface area contributed by atoms with Crippen molar-refractivity contribution in [2.24, 2.45) is 0 Å². The summed E-state index contributed by atoms with van der Waals surface area (Å²) in [7, 11) is 0. The number of oxazole rings is 1. The van der Waals surface area contributed by atoms with Gasteiger partial charge in [-0.3, -0.25) is 9.48 Å². The second-order valence-electron chi connectivity index (χ2n) is 7.04. The van der Waals surface area contributed by atoms with Gasteiger partial charge in [0.15, 0.2) is 11.7 Å². The van der Waals surface area contributed by atoms with Gasteiger partial charge in [0.25, 0.3) is 0 Å². The Labute approximate surface area is 177 Å². The molecule has 4 rings (SSSR count). The number of carbonyl (C=O) groups excluding carboxylic acids is 1. The van der Waals surface area contributed by atoms with Crippen LogP contribution in [0.4, 0.5) is 8.78 Å². The van der Waals surface area contributed by atoms with E-state index in [2.05, 4.69) is 15.4 Å². The average Bonchev–Trinajstić information content (AvgIpc) is 3.44. The minimum absolute atomic E-state index is 0.126. The summed E-state index contributed by atoms with van der Waals surface area (Å²) < 4.78 is 34.2. The highest BCUT2D eigenvalue weighted by Gasteiger charge is 2.13. The lowest BCUT2D eigenvalue weighted by Crippen LogP contribution is -2.23. The van der Waals surface area contributed by atoms with Crippen LogP contribution in [-0.2, 0) is 24.3 Å². The van der Waals surface area contributed by atoms with E-state index >= 15 is 0 Å². The van der Waals surface area contributed by atoms with Gasteiger partial charge in [-0.05, 0) is 29.3 Å². The van der Waals surface area contributed by atoms with Gasteiger partial charge >= 0.3 is 0 Å². The van der Waals surface area contributed by atoms with Crippen molar-refractivity contribution in [3.05, 3.63) is 95.8 Å². The molecule has 0 aliphatic rings. The minimum atomic E-state index is -0.726. The predicted octanol–water partition coefficient (Wildman–Crippen LogP) is 4.11. The van der Waals surface area contributed by atoms with Crippen LogP contribution in [-0.4, -0.2) is 20.7 Å². The fraction of sp³-hybridized carbons (Fsp3) is 0.174. The largest absolute Gasteiger partial charge is 0.441 e. The zero-order valence-electron chi connectivity index (χ0n) is 16.6. The lowest BCUT2D eigenvalue weighted by molar-refractivity contribution is -0.121. The maximum Gasteiger partial charge on any atom is 0.220 e. The summed E-state index contributed by atoms with van der Waals surface area (Å²) >= 11 is 0. The Morgan fingerprint density at radius 1 is 1.10 bits per heavy atom. The van der Waals surface area contributed by atoms with Crippen LogP contribution in [0.3, 0.4) is 0 Å².